The Morgan fingerprint density at radius 2 is 2.13 bits per heavy atom. The van der Waals surface area contributed by atoms with E-state index in [1.807, 2.05) is 49.9 Å². The van der Waals surface area contributed by atoms with Crippen LogP contribution in [0.4, 0.5) is 0 Å². The molecule has 1 N–H and O–H groups in total. The monoisotopic (exact) mass is 437 g/mol. The Morgan fingerprint density at radius 3 is 2.84 bits per heavy atom. The maximum atomic E-state index is 12.6. The lowest BCUT2D eigenvalue weighted by Crippen LogP contribution is -2.26. The van der Waals surface area contributed by atoms with Gasteiger partial charge in [-0.05, 0) is 50.7 Å². The zero-order valence-corrected chi connectivity index (χ0v) is 19.7. The number of thioether (sulfide) groups is 1. The minimum Gasteiger partial charge on any atom is -0.348 e. The molecule has 2 heterocycles. The first-order chi connectivity index (χ1) is 15.0. The molecule has 0 aliphatic heterocycles. The van der Waals surface area contributed by atoms with E-state index < -0.39 is 0 Å². The van der Waals surface area contributed by atoms with Gasteiger partial charge < -0.3 is 5.32 Å². The van der Waals surface area contributed by atoms with Gasteiger partial charge in [-0.1, -0.05) is 43.3 Å². The van der Waals surface area contributed by atoms with Gasteiger partial charge in [0.2, 0.25) is 5.91 Å². The molecule has 7 heteroatoms. The molecule has 6 nitrogen and oxygen atoms in total. The lowest BCUT2D eigenvalue weighted by Gasteiger charge is -2.09. The standard InChI is InChI=1S/C24H31N5OS/c1-6-9-11-25-14-20(8-3)15-27-24(30)19(5)17-31-22(18(4)7-2)21-16-28-29-13-10-12-26-23(21)29/h8-14,16-17H,6-7,15H2,1-5H3,(H,27,30)/b11-9-,19-17+,20-8+,22-18-,25-14-. The van der Waals surface area contributed by atoms with Gasteiger partial charge in [-0.3, -0.25) is 9.79 Å². The molecule has 0 saturated heterocycles. The first kappa shape index (κ1) is 24.3. The molecule has 2 aromatic heterocycles. The highest BCUT2D eigenvalue weighted by Gasteiger charge is 2.13. The van der Waals surface area contributed by atoms with E-state index in [0.717, 1.165) is 34.5 Å². The van der Waals surface area contributed by atoms with Crippen LogP contribution in [0.5, 0.6) is 0 Å². The number of nitrogens with one attached hydrogen (secondary N) is 1. The fraction of sp³-hybridized carbons (Fsp3) is 0.333. The summed E-state index contributed by atoms with van der Waals surface area (Å²) in [7, 11) is 0. The van der Waals surface area contributed by atoms with Crippen molar-refractivity contribution in [3.05, 3.63) is 70.7 Å². The van der Waals surface area contributed by atoms with Gasteiger partial charge in [0.25, 0.3) is 0 Å². The summed E-state index contributed by atoms with van der Waals surface area (Å²) in [6, 6.07) is 1.85. The molecular formula is C24H31N5OS. The minimum absolute atomic E-state index is 0.101. The molecule has 0 spiro atoms. The Morgan fingerprint density at radius 1 is 1.32 bits per heavy atom. The Hall–Kier alpha value is -2.93. The highest BCUT2D eigenvalue weighted by Crippen LogP contribution is 2.35. The predicted octanol–water partition coefficient (Wildman–Crippen LogP) is 5.56. The van der Waals surface area contributed by atoms with Gasteiger partial charge >= 0.3 is 0 Å². The van der Waals surface area contributed by atoms with E-state index in [1.165, 1.54) is 17.3 Å². The van der Waals surface area contributed by atoms with Crippen LogP contribution in [0.25, 0.3) is 10.6 Å². The molecule has 0 bridgehead atoms. The topological polar surface area (TPSA) is 71.7 Å². The van der Waals surface area contributed by atoms with Gasteiger partial charge in [0.05, 0.1) is 11.8 Å². The summed E-state index contributed by atoms with van der Waals surface area (Å²) in [5, 5.41) is 9.25. The van der Waals surface area contributed by atoms with Crippen LogP contribution in [0.1, 0.15) is 53.0 Å². The smallest absolute Gasteiger partial charge is 0.247 e. The lowest BCUT2D eigenvalue weighted by atomic mass is 10.1. The average molecular weight is 438 g/mol. The summed E-state index contributed by atoms with van der Waals surface area (Å²) >= 11 is 1.54. The molecule has 2 rings (SSSR count). The lowest BCUT2D eigenvalue weighted by molar-refractivity contribution is -0.117. The van der Waals surface area contributed by atoms with Crippen molar-refractivity contribution in [1.82, 2.24) is 19.9 Å². The maximum Gasteiger partial charge on any atom is 0.247 e. The number of carbonyl (C=O) groups is 1. The van der Waals surface area contributed by atoms with E-state index in [-0.39, 0.29) is 5.91 Å². The van der Waals surface area contributed by atoms with Crippen LogP contribution < -0.4 is 5.32 Å². The largest absolute Gasteiger partial charge is 0.348 e. The van der Waals surface area contributed by atoms with Crippen LogP contribution in [0.3, 0.4) is 0 Å². The first-order valence-corrected chi connectivity index (χ1v) is 11.3. The molecule has 0 fully saturated rings. The fourth-order valence-corrected chi connectivity index (χ4v) is 3.61. The molecule has 1 amide bonds. The second-order valence-electron chi connectivity index (χ2n) is 6.95. The molecule has 0 saturated carbocycles. The summed E-state index contributed by atoms with van der Waals surface area (Å²) in [6.07, 6.45) is 14.8. The second-order valence-corrected chi connectivity index (χ2v) is 7.82. The van der Waals surface area contributed by atoms with Crippen molar-refractivity contribution in [2.45, 2.75) is 47.5 Å². The number of hydrogen-bond acceptors (Lipinski definition) is 5. The average Bonchev–Trinajstić information content (AvgIpc) is 3.22. The highest BCUT2D eigenvalue weighted by atomic mass is 32.2. The number of rotatable bonds is 10. The van der Waals surface area contributed by atoms with Crippen LogP contribution in [-0.4, -0.2) is 33.3 Å². The molecule has 0 radical (unpaired) electrons. The van der Waals surface area contributed by atoms with E-state index in [1.54, 1.807) is 23.1 Å². The van der Waals surface area contributed by atoms with Crippen molar-refractivity contribution in [2.24, 2.45) is 4.99 Å². The van der Waals surface area contributed by atoms with Crippen LogP contribution in [0.15, 0.2) is 70.1 Å². The van der Waals surface area contributed by atoms with Gasteiger partial charge in [-0.15, -0.1) is 0 Å². The Bertz CT molecular complexity index is 1040. The van der Waals surface area contributed by atoms with Crippen LogP contribution in [0, 0.1) is 0 Å². The van der Waals surface area contributed by atoms with Gasteiger partial charge in [-0.2, -0.15) is 5.10 Å². The number of carbonyl (C=O) groups excluding carboxylic acids is 1. The molecule has 0 aliphatic carbocycles. The molecule has 164 valence electrons. The van der Waals surface area contributed by atoms with Gasteiger partial charge in [-0.25, -0.2) is 9.50 Å². The van der Waals surface area contributed by atoms with Crippen molar-refractivity contribution in [3.63, 3.8) is 0 Å². The molecule has 0 atom stereocenters. The third kappa shape index (κ3) is 7.07. The number of fused-ring (bicyclic) bond motifs is 1. The minimum atomic E-state index is -0.101. The maximum absolute atomic E-state index is 12.6. The number of aromatic nitrogens is 3. The second kappa shape index (κ2) is 12.7. The number of hydrogen-bond donors (Lipinski definition) is 1. The predicted molar refractivity (Wildman–Crippen MR) is 132 cm³/mol. The zero-order chi connectivity index (χ0) is 22.6. The van der Waals surface area contributed by atoms with E-state index in [4.69, 9.17) is 0 Å². The quantitative estimate of drug-likeness (QED) is 0.390. The highest BCUT2D eigenvalue weighted by molar-refractivity contribution is 8.11. The SMILES string of the molecule is C\C=C(/C=N\C=C/CC)CNC(=O)/C(C)=C/S/C(=C(/C)CC)c1cnn2cccnc12. The summed E-state index contributed by atoms with van der Waals surface area (Å²) < 4.78 is 1.76. The van der Waals surface area contributed by atoms with Crippen LogP contribution >= 0.6 is 11.8 Å². The number of nitrogens with zero attached hydrogens (tertiary/aromatic N) is 4. The molecule has 31 heavy (non-hydrogen) atoms. The molecule has 0 aliphatic rings. The van der Waals surface area contributed by atoms with Crippen molar-refractivity contribution >= 4 is 34.4 Å². The summed E-state index contributed by atoms with van der Waals surface area (Å²) in [4.78, 5) is 22.3. The Balaban J connectivity index is 2.09. The molecule has 0 unspecified atom stereocenters. The number of amides is 1. The zero-order valence-electron chi connectivity index (χ0n) is 18.9. The van der Waals surface area contributed by atoms with E-state index in [9.17, 15) is 4.79 Å². The fourth-order valence-electron chi connectivity index (χ4n) is 2.59. The van der Waals surface area contributed by atoms with Gasteiger partial charge in [0, 0.05) is 41.8 Å². The van der Waals surface area contributed by atoms with Crippen LogP contribution in [0.2, 0.25) is 0 Å². The molecule has 2 aromatic rings. The van der Waals surface area contributed by atoms with E-state index >= 15 is 0 Å². The molecular weight excluding hydrogens is 406 g/mol. The third-order valence-electron chi connectivity index (χ3n) is 4.64. The third-order valence-corrected chi connectivity index (χ3v) is 5.92. The summed E-state index contributed by atoms with van der Waals surface area (Å²) in [5.74, 6) is -0.101. The normalized spacial score (nSPS) is 14.0. The number of allylic oxidation sites excluding steroid dienone is 3. The van der Waals surface area contributed by atoms with Crippen molar-refractivity contribution < 1.29 is 4.79 Å². The van der Waals surface area contributed by atoms with E-state index in [2.05, 4.69) is 41.2 Å². The van der Waals surface area contributed by atoms with Gasteiger partial charge in [0.1, 0.15) is 0 Å². The Labute approximate surface area is 188 Å². The Kier molecular flexibility index (Phi) is 9.97. The van der Waals surface area contributed by atoms with Gasteiger partial charge in [0.15, 0.2) is 5.65 Å². The van der Waals surface area contributed by atoms with Crippen molar-refractivity contribution in [2.75, 3.05) is 6.54 Å². The van der Waals surface area contributed by atoms with Crippen molar-refractivity contribution in [1.29, 1.82) is 0 Å². The number of aliphatic imine (C=N–C) groups is 1. The summed E-state index contributed by atoms with van der Waals surface area (Å²) in [6.45, 7) is 10.5. The molecule has 0 aromatic carbocycles. The van der Waals surface area contributed by atoms with Crippen molar-refractivity contribution in [3.8, 4) is 0 Å². The summed E-state index contributed by atoms with van der Waals surface area (Å²) in [5.41, 5.74) is 4.61. The van der Waals surface area contributed by atoms with Crippen LogP contribution in [-0.2, 0) is 4.79 Å². The first-order valence-electron chi connectivity index (χ1n) is 10.4. The van der Waals surface area contributed by atoms with E-state index in [0.29, 0.717) is 12.1 Å².